The number of amides is 6. The molecule has 6 amide bonds. The summed E-state index contributed by atoms with van der Waals surface area (Å²) in [5.74, 6) is -2.13. The molecule has 2 aliphatic rings. The minimum Gasteiger partial charge on any atom is -0.493 e. The number of piperidine rings is 1. The van der Waals surface area contributed by atoms with Crippen LogP contribution in [0.15, 0.2) is 60.7 Å². The minimum absolute atomic E-state index is 0.0734. The summed E-state index contributed by atoms with van der Waals surface area (Å²) in [7, 11) is 1.45. The van der Waals surface area contributed by atoms with Crippen LogP contribution >= 0.6 is 0 Å². The van der Waals surface area contributed by atoms with Gasteiger partial charge in [-0.05, 0) is 67.3 Å². The predicted molar refractivity (Wildman–Crippen MR) is 185 cm³/mol. The van der Waals surface area contributed by atoms with Crippen molar-refractivity contribution in [3.63, 3.8) is 0 Å². The summed E-state index contributed by atoms with van der Waals surface area (Å²) in [6.45, 7) is 1.40. The van der Waals surface area contributed by atoms with E-state index in [1.54, 1.807) is 41.9 Å². The zero-order chi connectivity index (χ0) is 36.3. The fraction of sp³-hybridized carbons (Fsp3) is 0.351. The quantitative estimate of drug-likeness (QED) is 0.0596. The van der Waals surface area contributed by atoms with Crippen LogP contribution in [0.5, 0.6) is 11.5 Å². The number of nitrogens with zero attached hydrogens (tertiary/aromatic N) is 1. The molecular formula is C37H41N5O9. The van der Waals surface area contributed by atoms with Crippen LogP contribution in [-0.4, -0.2) is 71.8 Å². The Kier molecular flexibility index (Phi) is 12.4. The highest BCUT2D eigenvalue weighted by molar-refractivity contribution is 6.25. The summed E-state index contributed by atoms with van der Waals surface area (Å²) in [5, 5.41) is 17.3. The van der Waals surface area contributed by atoms with Gasteiger partial charge in [-0.1, -0.05) is 43.9 Å². The molecule has 3 aromatic rings. The molecule has 2 aliphatic heterocycles. The summed E-state index contributed by atoms with van der Waals surface area (Å²) in [6.07, 6.45) is 5.88. The van der Waals surface area contributed by atoms with E-state index in [-0.39, 0.29) is 42.0 Å². The van der Waals surface area contributed by atoms with E-state index in [1.165, 1.54) is 19.2 Å². The Morgan fingerprint density at radius 1 is 0.843 bits per heavy atom. The van der Waals surface area contributed by atoms with E-state index in [2.05, 4.69) is 16.0 Å². The SMILES string of the molecule is COc1cc(C(=O)NO)ccc1OCc1ccc(C(=O)NCCCCCCCCNc2cccc3c2C(=O)N(C2CCC(=O)NC2=O)C3=O)cc1. The van der Waals surface area contributed by atoms with E-state index in [1.807, 2.05) is 12.1 Å². The van der Waals surface area contributed by atoms with Crippen LogP contribution in [0, 0.1) is 0 Å². The fourth-order valence-corrected chi connectivity index (χ4v) is 6.05. The third kappa shape index (κ3) is 8.89. The number of carbonyl (C=O) groups excluding carboxylic acids is 6. The van der Waals surface area contributed by atoms with Gasteiger partial charge in [0.25, 0.3) is 23.6 Å². The smallest absolute Gasteiger partial charge is 0.274 e. The number of anilines is 1. The summed E-state index contributed by atoms with van der Waals surface area (Å²) < 4.78 is 11.1. The number of methoxy groups -OCH3 is 1. The number of benzene rings is 3. The summed E-state index contributed by atoms with van der Waals surface area (Å²) >= 11 is 0. The molecule has 1 unspecified atom stereocenters. The van der Waals surface area contributed by atoms with Crippen molar-refractivity contribution in [3.05, 3.63) is 88.5 Å². The molecule has 2 heterocycles. The first-order valence-corrected chi connectivity index (χ1v) is 16.9. The molecule has 1 fully saturated rings. The van der Waals surface area contributed by atoms with Gasteiger partial charge in [-0.15, -0.1) is 0 Å². The van der Waals surface area contributed by atoms with Crippen molar-refractivity contribution in [2.24, 2.45) is 0 Å². The van der Waals surface area contributed by atoms with E-state index < -0.39 is 35.6 Å². The van der Waals surface area contributed by atoms with Gasteiger partial charge in [0.2, 0.25) is 11.8 Å². The molecule has 0 aliphatic carbocycles. The number of hydrogen-bond acceptors (Lipinski definition) is 10. The van der Waals surface area contributed by atoms with Crippen molar-refractivity contribution in [1.29, 1.82) is 0 Å². The van der Waals surface area contributed by atoms with Gasteiger partial charge in [0.05, 0.1) is 18.2 Å². The maximum absolute atomic E-state index is 13.2. The monoisotopic (exact) mass is 699 g/mol. The average Bonchev–Trinajstić information content (AvgIpc) is 3.40. The Morgan fingerprint density at radius 3 is 2.25 bits per heavy atom. The van der Waals surface area contributed by atoms with E-state index in [0.29, 0.717) is 35.8 Å². The number of hydrogen-bond donors (Lipinski definition) is 5. The molecule has 5 N–H and O–H groups in total. The van der Waals surface area contributed by atoms with E-state index in [0.717, 1.165) is 49.0 Å². The molecule has 1 saturated heterocycles. The normalized spacial score (nSPS) is 15.3. The highest BCUT2D eigenvalue weighted by Gasteiger charge is 2.45. The lowest BCUT2D eigenvalue weighted by Crippen LogP contribution is -2.54. The number of unbranched alkanes of at least 4 members (excludes halogenated alkanes) is 5. The highest BCUT2D eigenvalue weighted by Crippen LogP contribution is 2.32. The lowest BCUT2D eigenvalue weighted by molar-refractivity contribution is -0.136. The molecule has 0 spiro atoms. The molecule has 0 aromatic heterocycles. The molecule has 51 heavy (non-hydrogen) atoms. The van der Waals surface area contributed by atoms with Crippen molar-refractivity contribution in [1.82, 2.24) is 21.0 Å². The van der Waals surface area contributed by atoms with Crippen LogP contribution in [0.4, 0.5) is 5.69 Å². The Bertz CT molecular complexity index is 1790. The number of ether oxygens (including phenoxy) is 2. The summed E-state index contributed by atoms with van der Waals surface area (Å²) in [4.78, 5) is 75.3. The van der Waals surface area contributed by atoms with Crippen LogP contribution in [-0.2, 0) is 16.2 Å². The van der Waals surface area contributed by atoms with Crippen molar-refractivity contribution >= 4 is 41.1 Å². The Labute approximate surface area is 294 Å². The van der Waals surface area contributed by atoms with Crippen molar-refractivity contribution < 1.29 is 43.4 Å². The number of hydroxylamine groups is 1. The first-order valence-electron chi connectivity index (χ1n) is 16.9. The first-order chi connectivity index (χ1) is 24.7. The van der Waals surface area contributed by atoms with Crippen LogP contribution in [0.25, 0.3) is 0 Å². The number of imide groups is 2. The van der Waals surface area contributed by atoms with Gasteiger partial charge in [-0.3, -0.25) is 44.2 Å². The van der Waals surface area contributed by atoms with Gasteiger partial charge in [-0.25, -0.2) is 5.48 Å². The van der Waals surface area contributed by atoms with Gasteiger partial charge in [0.1, 0.15) is 12.6 Å². The third-order valence-corrected chi connectivity index (χ3v) is 8.81. The lowest BCUT2D eigenvalue weighted by atomic mass is 10.0. The van der Waals surface area contributed by atoms with Crippen molar-refractivity contribution in [2.75, 3.05) is 25.5 Å². The molecule has 5 rings (SSSR count). The van der Waals surface area contributed by atoms with Crippen LogP contribution in [0.3, 0.4) is 0 Å². The second kappa shape index (κ2) is 17.3. The van der Waals surface area contributed by atoms with Gasteiger partial charge in [-0.2, -0.15) is 0 Å². The summed E-state index contributed by atoms with van der Waals surface area (Å²) in [6, 6.07) is 15.7. The maximum atomic E-state index is 13.2. The Morgan fingerprint density at radius 2 is 1.55 bits per heavy atom. The lowest BCUT2D eigenvalue weighted by Gasteiger charge is -2.27. The largest absolute Gasteiger partial charge is 0.493 e. The third-order valence-electron chi connectivity index (χ3n) is 8.81. The van der Waals surface area contributed by atoms with Crippen molar-refractivity contribution in [2.45, 2.75) is 64.0 Å². The van der Waals surface area contributed by atoms with E-state index >= 15 is 0 Å². The van der Waals surface area contributed by atoms with Gasteiger partial charge in [0.15, 0.2) is 11.5 Å². The predicted octanol–water partition coefficient (Wildman–Crippen LogP) is 3.98. The standard InChI is InChI=1S/C37H41N5O9/c1-50-30-21-25(34(45)41-49)15-17-29(30)51-22-23-11-13-24(14-12-23)33(44)39-20-7-5-3-2-4-6-19-38-27-10-8-9-26-32(27)37(48)42(36(26)47)28-16-18-31(43)40-35(28)46/h8-15,17,21,28,38,49H,2-7,16,18-20,22H2,1H3,(H,39,44)(H,41,45)(H,40,43,46). The van der Waals surface area contributed by atoms with Gasteiger partial charge >= 0.3 is 0 Å². The van der Waals surface area contributed by atoms with Gasteiger partial charge < -0.3 is 20.1 Å². The number of carbonyl (C=O) groups is 6. The topological polar surface area (TPSA) is 192 Å². The summed E-state index contributed by atoms with van der Waals surface area (Å²) in [5.41, 5.74) is 4.25. The number of fused-ring (bicyclic) bond motifs is 1. The highest BCUT2D eigenvalue weighted by atomic mass is 16.5. The van der Waals surface area contributed by atoms with Crippen LogP contribution in [0.2, 0.25) is 0 Å². The molecule has 1 atom stereocenters. The molecule has 0 radical (unpaired) electrons. The maximum Gasteiger partial charge on any atom is 0.274 e. The van der Waals surface area contributed by atoms with Crippen molar-refractivity contribution in [3.8, 4) is 11.5 Å². The first kappa shape index (κ1) is 36.5. The van der Waals surface area contributed by atoms with Crippen LogP contribution in [0.1, 0.15) is 98.4 Å². The molecule has 14 heteroatoms. The zero-order valence-electron chi connectivity index (χ0n) is 28.3. The van der Waals surface area contributed by atoms with Gasteiger partial charge in [0, 0.05) is 36.3 Å². The molecule has 0 bridgehead atoms. The molecule has 0 saturated carbocycles. The molecule has 14 nitrogen and oxygen atoms in total. The average molecular weight is 700 g/mol. The Balaban J connectivity index is 0.953. The van der Waals surface area contributed by atoms with E-state index in [9.17, 15) is 28.8 Å². The number of rotatable bonds is 17. The Hall–Kier alpha value is -5.76. The minimum atomic E-state index is -0.996. The number of nitrogens with one attached hydrogen (secondary N) is 4. The zero-order valence-corrected chi connectivity index (χ0v) is 28.3. The fourth-order valence-electron chi connectivity index (χ4n) is 6.05. The van der Waals surface area contributed by atoms with Crippen LogP contribution < -0.4 is 30.9 Å². The molecular weight excluding hydrogens is 658 g/mol. The molecule has 3 aromatic carbocycles. The second-order valence-electron chi connectivity index (χ2n) is 12.3. The molecule has 268 valence electrons. The van der Waals surface area contributed by atoms with E-state index in [4.69, 9.17) is 14.7 Å². The second-order valence-corrected chi connectivity index (χ2v) is 12.3.